The van der Waals surface area contributed by atoms with E-state index in [2.05, 4.69) is 11.0 Å². The summed E-state index contributed by atoms with van der Waals surface area (Å²) in [6, 6.07) is 7.12. The third-order valence-electron chi connectivity index (χ3n) is 1.47. The van der Waals surface area contributed by atoms with Gasteiger partial charge in [0.15, 0.2) is 0 Å². The van der Waals surface area contributed by atoms with E-state index in [0.29, 0.717) is 12.0 Å². The van der Waals surface area contributed by atoms with Crippen molar-refractivity contribution < 1.29 is 14.3 Å². The van der Waals surface area contributed by atoms with Crippen LogP contribution in [0.25, 0.3) is 0 Å². The molecule has 0 saturated heterocycles. The van der Waals surface area contributed by atoms with Gasteiger partial charge in [-0.3, -0.25) is 0 Å². The van der Waals surface area contributed by atoms with E-state index in [1.807, 2.05) is 13.0 Å². The summed E-state index contributed by atoms with van der Waals surface area (Å²) in [5, 5.41) is 19.9. The predicted octanol–water partition coefficient (Wildman–Crippen LogP) is 0.0789. The van der Waals surface area contributed by atoms with E-state index in [4.69, 9.17) is 19.2 Å². The number of hydrogen-bond donors (Lipinski definition) is 2. The Hall–Kier alpha value is -1.31. The summed E-state index contributed by atoms with van der Waals surface area (Å²) < 4.78 is 8.74. The van der Waals surface area contributed by atoms with Gasteiger partial charge in [0.25, 0.3) is 0 Å². The first-order chi connectivity index (χ1) is 8.03. The maximum absolute atomic E-state index is 8.92. The van der Waals surface area contributed by atoms with E-state index in [9.17, 15) is 0 Å². The second kappa shape index (κ2) is 12.8. The van der Waals surface area contributed by atoms with Gasteiger partial charge in [-0.15, -0.1) is 0 Å². The lowest BCUT2D eigenvalue weighted by Crippen LogP contribution is -2.29. The highest BCUT2D eigenvalue weighted by Crippen LogP contribution is 1.92. The van der Waals surface area contributed by atoms with Crippen molar-refractivity contribution in [1.82, 2.24) is 0 Å². The lowest BCUT2D eigenvalue weighted by molar-refractivity contribution is 0.425. The van der Waals surface area contributed by atoms with E-state index in [0.717, 1.165) is 5.56 Å². The van der Waals surface area contributed by atoms with Crippen molar-refractivity contribution in [3.05, 3.63) is 34.7 Å². The van der Waals surface area contributed by atoms with Crippen LogP contribution in [0.4, 0.5) is 0 Å². The molecular formula is C10H16BNO4S. The molecule has 0 atom stereocenters. The molecule has 0 radical (unpaired) electrons. The van der Waals surface area contributed by atoms with Gasteiger partial charge >= 0.3 is 7.12 Å². The average molecular weight is 257 g/mol. The van der Waals surface area contributed by atoms with Crippen LogP contribution in [0.1, 0.15) is 12.5 Å². The van der Waals surface area contributed by atoms with Crippen molar-refractivity contribution in [2.24, 2.45) is 5.18 Å². The van der Waals surface area contributed by atoms with Crippen LogP contribution < -0.4 is 5.46 Å². The molecule has 2 N–H and O–H groups in total. The van der Waals surface area contributed by atoms with Crippen molar-refractivity contribution in [2.75, 3.05) is 6.54 Å². The number of rotatable bonds is 2. The lowest BCUT2D eigenvalue weighted by Gasteiger charge is -1.98. The van der Waals surface area contributed by atoms with Crippen LogP contribution >= 0.6 is 0 Å². The minimum atomic E-state index is -1.35. The minimum Gasteiger partial charge on any atom is -0.423 e. The molecule has 17 heavy (non-hydrogen) atoms. The zero-order valence-corrected chi connectivity index (χ0v) is 10.7. The highest BCUT2D eigenvalue weighted by atomic mass is 32.1. The van der Waals surface area contributed by atoms with Crippen molar-refractivity contribution in [3.8, 4) is 0 Å². The number of hydrogen-bond acceptors (Lipinski definition) is 5. The van der Waals surface area contributed by atoms with Gasteiger partial charge in [0.1, 0.15) is 0 Å². The van der Waals surface area contributed by atoms with Gasteiger partial charge in [0, 0.05) is 0 Å². The predicted molar refractivity (Wildman–Crippen MR) is 72.6 cm³/mol. The molecule has 7 heteroatoms. The summed E-state index contributed by atoms with van der Waals surface area (Å²) in [6.45, 7) is 4.00. The second-order valence-corrected chi connectivity index (χ2v) is 3.09. The van der Waals surface area contributed by atoms with Crippen LogP contribution in [-0.4, -0.2) is 33.8 Å². The lowest BCUT2D eigenvalue weighted by atomic mass is 9.80. The van der Waals surface area contributed by atoms with Crippen molar-refractivity contribution in [3.63, 3.8) is 0 Å². The summed E-state index contributed by atoms with van der Waals surface area (Å²) in [7, 11) is -1.35. The summed E-state index contributed by atoms with van der Waals surface area (Å²) in [4.78, 5) is 8.92. The maximum Gasteiger partial charge on any atom is 0.488 e. The molecule has 0 aromatic heterocycles. The zero-order valence-electron chi connectivity index (χ0n) is 9.87. The Bertz CT molecular complexity index is 354. The maximum atomic E-state index is 8.92. The van der Waals surface area contributed by atoms with Gasteiger partial charge < -0.3 is 10.0 Å². The van der Waals surface area contributed by atoms with Crippen molar-refractivity contribution >= 4 is 29.7 Å². The Morgan fingerprint density at radius 1 is 1.47 bits per heavy atom. The van der Waals surface area contributed by atoms with Crippen molar-refractivity contribution in [1.29, 1.82) is 0 Å². The molecule has 94 valence electrons. The number of nitrogens with zero attached hydrogens (tertiary/aromatic N) is 1. The minimum absolute atomic E-state index is 0.250. The van der Waals surface area contributed by atoms with Crippen LogP contribution in [0.15, 0.2) is 29.4 Å². The van der Waals surface area contributed by atoms with Crippen LogP contribution in [0.3, 0.4) is 0 Å². The van der Waals surface area contributed by atoms with E-state index in [-0.39, 0.29) is 11.3 Å². The van der Waals surface area contributed by atoms with Gasteiger partial charge in [-0.05, 0) is 25.2 Å². The summed E-state index contributed by atoms with van der Waals surface area (Å²) in [5.41, 5.74) is 1.57. The third kappa shape index (κ3) is 12.6. The molecule has 1 rings (SSSR count). The fraction of sp³-hybridized carbons (Fsp3) is 0.300. The molecular weight excluding hydrogens is 241 g/mol. The molecule has 0 amide bonds. The van der Waals surface area contributed by atoms with Crippen LogP contribution in [-0.2, 0) is 11.3 Å². The van der Waals surface area contributed by atoms with E-state index in [1.54, 1.807) is 25.1 Å². The first kappa shape index (κ1) is 18.1. The van der Waals surface area contributed by atoms with Crippen LogP contribution in [0.5, 0.6) is 0 Å². The monoisotopic (exact) mass is 257 g/mol. The molecule has 0 aliphatic rings. The second-order valence-electron chi connectivity index (χ2n) is 2.85. The number of benzene rings is 1. The molecule has 1 aromatic rings. The summed E-state index contributed by atoms with van der Waals surface area (Å²) >= 11 is 0.250. The topological polar surface area (TPSA) is 87.0 Å². The standard InChI is InChI=1S/C7H9BO2.C2H5NO.CH2OS/c1-6-3-2-4-7(5-6)8(9)10;1-2-3-4;1-3-2/h2-5,9-10H,1H3;2H2,1H3;1H2. The Labute approximate surface area is 105 Å². The summed E-state index contributed by atoms with van der Waals surface area (Å²) in [5.74, 6) is 2.85. The Morgan fingerprint density at radius 2 is 1.94 bits per heavy atom. The van der Waals surface area contributed by atoms with Gasteiger partial charge in [-0.25, -0.2) is 4.21 Å². The molecule has 0 spiro atoms. The first-order valence-electron chi connectivity index (χ1n) is 4.79. The Kier molecular flexibility index (Phi) is 13.6. The van der Waals surface area contributed by atoms with Gasteiger partial charge in [-0.2, -0.15) is 4.91 Å². The molecule has 0 aliphatic heterocycles. The molecule has 0 heterocycles. The normalized spacial score (nSPS) is 7.76. The molecule has 0 aliphatic carbocycles. The molecule has 5 nitrogen and oxygen atoms in total. The molecule has 0 unspecified atom stereocenters. The highest BCUT2D eigenvalue weighted by molar-refractivity contribution is 7.63. The third-order valence-corrected chi connectivity index (χ3v) is 1.47. The molecule has 0 saturated carbocycles. The zero-order chi connectivity index (χ0) is 13.7. The SMILES string of the molecule is C=S=O.CCN=O.Cc1cccc(B(O)O)c1. The Morgan fingerprint density at radius 3 is 2.18 bits per heavy atom. The fourth-order valence-electron chi connectivity index (χ4n) is 0.831. The Balaban J connectivity index is 0. The highest BCUT2D eigenvalue weighted by Gasteiger charge is 2.08. The van der Waals surface area contributed by atoms with Crippen LogP contribution in [0, 0.1) is 11.8 Å². The van der Waals surface area contributed by atoms with E-state index in [1.165, 1.54) is 0 Å². The smallest absolute Gasteiger partial charge is 0.423 e. The molecule has 0 bridgehead atoms. The number of nitroso groups, excluding NO2 is 1. The molecule has 1 aromatic carbocycles. The van der Waals surface area contributed by atoms with Gasteiger partial charge in [0.2, 0.25) is 0 Å². The molecule has 0 fully saturated rings. The van der Waals surface area contributed by atoms with Crippen LogP contribution in [0.2, 0.25) is 0 Å². The number of aryl methyl sites for hydroxylation is 1. The summed E-state index contributed by atoms with van der Waals surface area (Å²) in [6.07, 6.45) is 0. The van der Waals surface area contributed by atoms with Crippen molar-refractivity contribution in [2.45, 2.75) is 13.8 Å². The van der Waals surface area contributed by atoms with Gasteiger partial charge in [0.05, 0.1) is 17.8 Å². The first-order valence-corrected chi connectivity index (χ1v) is 5.70. The largest absolute Gasteiger partial charge is 0.488 e. The average Bonchev–Trinajstić information content (AvgIpc) is 2.30. The van der Waals surface area contributed by atoms with E-state index >= 15 is 0 Å². The van der Waals surface area contributed by atoms with E-state index < -0.39 is 7.12 Å². The fourth-order valence-corrected chi connectivity index (χ4v) is 0.831. The van der Waals surface area contributed by atoms with Gasteiger partial charge in [-0.1, -0.05) is 35.0 Å². The quantitative estimate of drug-likeness (QED) is 0.446.